The molecule has 0 unspecified atom stereocenters. The van der Waals surface area contributed by atoms with Crippen molar-refractivity contribution < 1.29 is 4.74 Å². The van der Waals surface area contributed by atoms with Gasteiger partial charge in [0.15, 0.2) is 0 Å². The number of hydrogen-bond donors (Lipinski definition) is 1. The fraction of sp³-hybridized carbons (Fsp3) is 0.667. The number of anilines is 1. The first-order valence-electron chi connectivity index (χ1n) is 6.01. The van der Waals surface area contributed by atoms with Gasteiger partial charge in [-0.05, 0) is 38.5 Å². The van der Waals surface area contributed by atoms with Crippen molar-refractivity contribution in [3.8, 4) is 5.88 Å². The lowest BCUT2D eigenvalue weighted by Crippen LogP contribution is -2.08. The van der Waals surface area contributed by atoms with Crippen LogP contribution in [-0.4, -0.2) is 16.6 Å². The predicted molar refractivity (Wildman–Crippen MR) is 61.4 cm³/mol. The first kappa shape index (κ1) is 9.87. The largest absolute Gasteiger partial charge is 0.477 e. The zero-order valence-electron chi connectivity index (χ0n) is 9.57. The van der Waals surface area contributed by atoms with Crippen molar-refractivity contribution in [2.75, 3.05) is 12.3 Å². The van der Waals surface area contributed by atoms with Crippen LogP contribution in [-0.2, 0) is 0 Å². The van der Waals surface area contributed by atoms with E-state index in [1.165, 1.54) is 25.7 Å². The first-order valence-corrected chi connectivity index (χ1v) is 6.01. The molecule has 0 spiro atoms. The van der Waals surface area contributed by atoms with E-state index in [1.807, 2.05) is 6.92 Å². The van der Waals surface area contributed by atoms with E-state index in [1.54, 1.807) is 0 Å². The zero-order chi connectivity index (χ0) is 11.1. The van der Waals surface area contributed by atoms with Gasteiger partial charge >= 0.3 is 0 Å². The lowest BCUT2D eigenvalue weighted by molar-refractivity contribution is 0.285. The molecular weight excluding hydrogens is 202 g/mol. The normalized spacial score (nSPS) is 19.8. The van der Waals surface area contributed by atoms with Crippen LogP contribution in [0.4, 0.5) is 5.82 Å². The summed E-state index contributed by atoms with van der Waals surface area (Å²) in [5, 5.41) is 0. The molecule has 2 aliphatic carbocycles. The zero-order valence-corrected chi connectivity index (χ0v) is 9.57. The molecule has 0 atom stereocenters. The van der Waals surface area contributed by atoms with Crippen molar-refractivity contribution in [3.63, 3.8) is 0 Å². The van der Waals surface area contributed by atoms with Gasteiger partial charge in [-0.15, -0.1) is 0 Å². The number of nitrogens with zero attached hydrogens (tertiary/aromatic N) is 2. The van der Waals surface area contributed by atoms with Crippen LogP contribution in [0, 0.1) is 12.8 Å². The molecule has 86 valence electrons. The van der Waals surface area contributed by atoms with Gasteiger partial charge in [-0.2, -0.15) is 4.98 Å². The third-order valence-electron chi connectivity index (χ3n) is 3.25. The molecule has 0 aromatic carbocycles. The molecule has 0 bridgehead atoms. The number of aromatic nitrogens is 2. The molecular formula is C12H17N3O. The molecule has 1 heterocycles. The van der Waals surface area contributed by atoms with E-state index in [2.05, 4.69) is 9.97 Å². The van der Waals surface area contributed by atoms with Crippen LogP contribution < -0.4 is 10.5 Å². The predicted octanol–water partition coefficient (Wildman–Crippen LogP) is 2.03. The lowest BCUT2D eigenvalue weighted by Gasteiger charge is -2.10. The molecule has 0 radical (unpaired) electrons. The molecule has 2 saturated carbocycles. The Balaban J connectivity index is 1.81. The fourth-order valence-corrected chi connectivity index (χ4v) is 1.68. The van der Waals surface area contributed by atoms with E-state index < -0.39 is 0 Å². The first-order chi connectivity index (χ1) is 7.74. The number of hydrogen-bond acceptors (Lipinski definition) is 4. The maximum Gasteiger partial charge on any atom is 0.221 e. The van der Waals surface area contributed by atoms with E-state index >= 15 is 0 Å². The van der Waals surface area contributed by atoms with Gasteiger partial charge in [-0.1, -0.05) is 0 Å². The molecule has 0 amide bonds. The summed E-state index contributed by atoms with van der Waals surface area (Å²) >= 11 is 0. The number of rotatable bonds is 4. The Kier molecular flexibility index (Phi) is 2.23. The van der Waals surface area contributed by atoms with E-state index in [4.69, 9.17) is 10.5 Å². The molecule has 0 saturated heterocycles. The van der Waals surface area contributed by atoms with Gasteiger partial charge in [-0.3, -0.25) is 0 Å². The topological polar surface area (TPSA) is 61.0 Å². The van der Waals surface area contributed by atoms with Crippen molar-refractivity contribution in [2.24, 2.45) is 5.92 Å². The average Bonchev–Trinajstić information content (AvgIpc) is 3.14. The molecule has 3 rings (SSSR count). The molecule has 2 fully saturated rings. The second-order valence-electron chi connectivity index (χ2n) is 4.93. The summed E-state index contributed by atoms with van der Waals surface area (Å²) in [5.74, 6) is 3.39. The van der Waals surface area contributed by atoms with Gasteiger partial charge < -0.3 is 10.5 Å². The third kappa shape index (κ3) is 1.96. The molecule has 16 heavy (non-hydrogen) atoms. The standard InChI is InChI=1S/C12H17N3O/c1-7-10(13)14-11(9-4-5-9)15-12(7)16-6-8-2-3-8/h8-9H,2-6H2,1H3,(H2,13,14,15). The summed E-state index contributed by atoms with van der Waals surface area (Å²) in [6, 6.07) is 0. The van der Waals surface area contributed by atoms with Gasteiger partial charge in [0.2, 0.25) is 5.88 Å². The quantitative estimate of drug-likeness (QED) is 0.841. The monoisotopic (exact) mass is 219 g/mol. The van der Waals surface area contributed by atoms with E-state index in [-0.39, 0.29) is 0 Å². The average molecular weight is 219 g/mol. The van der Waals surface area contributed by atoms with Crippen molar-refractivity contribution >= 4 is 5.82 Å². The van der Waals surface area contributed by atoms with Crippen LogP contribution >= 0.6 is 0 Å². The van der Waals surface area contributed by atoms with Crippen molar-refractivity contribution in [1.29, 1.82) is 0 Å². The minimum absolute atomic E-state index is 0.520. The SMILES string of the molecule is Cc1c(N)nc(C2CC2)nc1OCC1CC1. The summed E-state index contributed by atoms with van der Waals surface area (Å²) in [4.78, 5) is 8.81. The summed E-state index contributed by atoms with van der Waals surface area (Å²) in [6.07, 6.45) is 4.94. The van der Waals surface area contributed by atoms with Gasteiger partial charge in [0.25, 0.3) is 0 Å². The number of nitrogens with two attached hydrogens (primary N) is 1. The smallest absolute Gasteiger partial charge is 0.221 e. The summed E-state index contributed by atoms with van der Waals surface area (Å²) in [5.41, 5.74) is 6.76. The second kappa shape index (κ2) is 3.61. The molecule has 1 aromatic rings. The van der Waals surface area contributed by atoms with E-state index in [0.717, 1.165) is 23.9 Å². The van der Waals surface area contributed by atoms with Crippen LogP contribution in [0.3, 0.4) is 0 Å². The van der Waals surface area contributed by atoms with Crippen molar-refractivity contribution in [3.05, 3.63) is 11.4 Å². The van der Waals surface area contributed by atoms with Gasteiger partial charge in [0, 0.05) is 5.92 Å². The Bertz CT molecular complexity index is 411. The maximum absolute atomic E-state index is 5.88. The van der Waals surface area contributed by atoms with Gasteiger partial charge in [0.1, 0.15) is 11.6 Å². The van der Waals surface area contributed by atoms with Crippen LogP contribution in [0.5, 0.6) is 5.88 Å². The second-order valence-corrected chi connectivity index (χ2v) is 4.93. The van der Waals surface area contributed by atoms with E-state index in [9.17, 15) is 0 Å². The third-order valence-corrected chi connectivity index (χ3v) is 3.25. The molecule has 0 aliphatic heterocycles. The minimum Gasteiger partial charge on any atom is -0.477 e. The summed E-state index contributed by atoms with van der Waals surface area (Å²) < 4.78 is 5.73. The van der Waals surface area contributed by atoms with Crippen molar-refractivity contribution in [2.45, 2.75) is 38.5 Å². The Morgan fingerprint density at radius 1 is 1.25 bits per heavy atom. The molecule has 4 heteroatoms. The molecule has 4 nitrogen and oxygen atoms in total. The van der Waals surface area contributed by atoms with Crippen LogP contribution in [0.2, 0.25) is 0 Å². The Morgan fingerprint density at radius 2 is 2.00 bits per heavy atom. The van der Waals surface area contributed by atoms with Crippen LogP contribution in [0.1, 0.15) is 43.0 Å². The highest BCUT2D eigenvalue weighted by Gasteiger charge is 2.29. The molecule has 2 N–H and O–H groups in total. The Labute approximate surface area is 95.2 Å². The molecule has 1 aromatic heterocycles. The highest BCUT2D eigenvalue weighted by Crippen LogP contribution is 2.39. The van der Waals surface area contributed by atoms with Crippen LogP contribution in [0.25, 0.3) is 0 Å². The van der Waals surface area contributed by atoms with E-state index in [0.29, 0.717) is 17.6 Å². The van der Waals surface area contributed by atoms with Crippen LogP contribution in [0.15, 0.2) is 0 Å². The van der Waals surface area contributed by atoms with Gasteiger partial charge in [-0.25, -0.2) is 4.98 Å². The summed E-state index contributed by atoms with van der Waals surface area (Å²) in [6.45, 7) is 2.70. The fourth-order valence-electron chi connectivity index (χ4n) is 1.68. The highest BCUT2D eigenvalue weighted by atomic mass is 16.5. The number of ether oxygens (including phenoxy) is 1. The lowest BCUT2D eigenvalue weighted by atomic mass is 10.3. The van der Waals surface area contributed by atoms with Crippen molar-refractivity contribution in [1.82, 2.24) is 9.97 Å². The number of nitrogen functional groups attached to an aromatic ring is 1. The Hall–Kier alpha value is -1.32. The molecule has 2 aliphatic rings. The van der Waals surface area contributed by atoms with Gasteiger partial charge in [0.05, 0.1) is 12.2 Å². The maximum atomic E-state index is 5.88. The highest BCUT2D eigenvalue weighted by molar-refractivity contribution is 5.45. The summed E-state index contributed by atoms with van der Waals surface area (Å²) in [7, 11) is 0. The minimum atomic E-state index is 0.520. The Morgan fingerprint density at radius 3 is 2.62 bits per heavy atom.